The van der Waals surface area contributed by atoms with Gasteiger partial charge in [-0.2, -0.15) is 0 Å². The zero-order valence-electron chi connectivity index (χ0n) is 16.6. The van der Waals surface area contributed by atoms with Crippen molar-refractivity contribution < 1.29 is 19.1 Å². The first kappa shape index (κ1) is 20.7. The molecule has 0 amide bonds. The molecule has 2 aromatic carbocycles. The standard InChI is InChI=1S/C23H28O4/c1-16-10-20(14-24)11-17(2)22(16)26-8-6-5-7-9-27-23-18(3)12-21(15-25)13-19(23)4/h10-15H,5-9H2,1-4H3. The smallest absolute Gasteiger partial charge is 0.150 e. The van der Waals surface area contributed by atoms with Crippen LogP contribution in [-0.4, -0.2) is 25.8 Å². The maximum absolute atomic E-state index is 10.9. The first-order valence-electron chi connectivity index (χ1n) is 9.34. The van der Waals surface area contributed by atoms with Crippen LogP contribution >= 0.6 is 0 Å². The number of carbonyl (C=O) groups excluding carboxylic acids is 2. The minimum Gasteiger partial charge on any atom is -0.493 e. The summed E-state index contributed by atoms with van der Waals surface area (Å²) in [4.78, 5) is 21.8. The summed E-state index contributed by atoms with van der Waals surface area (Å²) in [6.07, 6.45) is 4.62. The van der Waals surface area contributed by atoms with Crippen molar-refractivity contribution in [3.05, 3.63) is 57.6 Å². The number of unbranched alkanes of at least 4 members (excludes halogenated alkanes) is 2. The van der Waals surface area contributed by atoms with E-state index in [2.05, 4.69) is 0 Å². The molecule has 2 aromatic rings. The Morgan fingerprint density at radius 2 is 0.963 bits per heavy atom. The first-order valence-corrected chi connectivity index (χ1v) is 9.34. The van der Waals surface area contributed by atoms with Gasteiger partial charge in [0.15, 0.2) is 0 Å². The third-order valence-corrected chi connectivity index (χ3v) is 4.52. The fraction of sp³-hybridized carbons (Fsp3) is 0.391. The van der Waals surface area contributed by atoms with Crippen molar-refractivity contribution >= 4 is 12.6 Å². The predicted molar refractivity (Wildman–Crippen MR) is 107 cm³/mol. The molecule has 0 atom stereocenters. The van der Waals surface area contributed by atoms with Crippen LogP contribution in [0, 0.1) is 27.7 Å². The van der Waals surface area contributed by atoms with Gasteiger partial charge in [0, 0.05) is 11.1 Å². The molecule has 0 bridgehead atoms. The lowest BCUT2D eigenvalue weighted by atomic mass is 10.1. The summed E-state index contributed by atoms with van der Waals surface area (Å²) in [6, 6.07) is 7.40. The number of hydrogen-bond acceptors (Lipinski definition) is 4. The fourth-order valence-corrected chi connectivity index (χ4v) is 3.29. The van der Waals surface area contributed by atoms with Gasteiger partial charge < -0.3 is 9.47 Å². The largest absolute Gasteiger partial charge is 0.493 e. The van der Waals surface area contributed by atoms with Crippen LogP contribution in [0.25, 0.3) is 0 Å². The Morgan fingerprint density at radius 3 is 1.26 bits per heavy atom. The number of rotatable bonds is 10. The molecule has 0 fully saturated rings. The van der Waals surface area contributed by atoms with Gasteiger partial charge in [0.05, 0.1) is 13.2 Å². The summed E-state index contributed by atoms with van der Waals surface area (Å²) < 4.78 is 11.8. The Morgan fingerprint density at radius 1 is 0.630 bits per heavy atom. The van der Waals surface area contributed by atoms with Gasteiger partial charge in [-0.05, 0) is 93.5 Å². The maximum Gasteiger partial charge on any atom is 0.150 e. The van der Waals surface area contributed by atoms with E-state index in [1.165, 1.54) is 0 Å². The molecule has 0 radical (unpaired) electrons. The van der Waals surface area contributed by atoms with Gasteiger partial charge in [0.2, 0.25) is 0 Å². The maximum atomic E-state index is 10.9. The molecule has 0 unspecified atom stereocenters. The van der Waals surface area contributed by atoms with Crippen molar-refractivity contribution in [2.24, 2.45) is 0 Å². The van der Waals surface area contributed by atoms with E-state index in [-0.39, 0.29) is 0 Å². The van der Waals surface area contributed by atoms with Gasteiger partial charge in [0.1, 0.15) is 24.1 Å². The zero-order valence-corrected chi connectivity index (χ0v) is 16.6. The van der Waals surface area contributed by atoms with Crippen LogP contribution < -0.4 is 9.47 Å². The fourth-order valence-electron chi connectivity index (χ4n) is 3.29. The molecule has 0 N–H and O–H groups in total. The van der Waals surface area contributed by atoms with Crippen LogP contribution in [0.3, 0.4) is 0 Å². The molecule has 2 rings (SSSR count). The molecular formula is C23H28O4. The van der Waals surface area contributed by atoms with Gasteiger partial charge in [-0.3, -0.25) is 9.59 Å². The highest BCUT2D eigenvalue weighted by molar-refractivity contribution is 5.77. The van der Waals surface area contributed by atoms with Gasteiger partial charge in [-0.25, -0.2) is 0 Å². The van der Waals surface area contributed by atoms with Gasteiger partial charge in [0.25, 0.3) is 0 Å². The summed E-state index contributed by atoms with van der Waals surface area (Å²) in [7, 11) is 0. The third-order valence-electron chi connectivity index (χ3n) is 4.52. The highest BCUT2D eigenvalue weighted by atomic mass is 16.5. The van der Waals surface area contributed by atoms with E-state index in [0.717, 1.165) is 65.6 Å². The van der Waals surface area contributed by atoms with Crippen LogP contribution in [0.5, 0.6) is 11.5 Å². The Labute approximate surface area is 161 Å². The molecule has 144 valence electrons. The summed E-state index contributed by atoms with van der Waals surface area (Å²) in [5.74, 6) is 1.75. The number of carbonyl (C=O) groups is 2. The minimum absolute atomic E-state index is 0.647. The lowest BCUT2D eigenvalue weighted by Gasteiger charge is -2.14. The van der Waals surface area contributed by atoms with Crippen molar-refractivity contribution in [1.82, 2.24) is 0 Å². The molecule has 27 heavy (non-hydrogen) atoms. The number of hydrogen-bond donors (Lipinski definition) is 0. The number of aldehydes is 2. The molecule has 0 aromatic heterocycles. The second-order valence-electron chi connectivity index (χ2n) is 6.96. The average molecular weight is 368 g/mol. The average Bonchev–Trinajstić information content (AvgIpc) is 2.63. The van der Waals surface area contributed by atoms with E-state index in [0.29, 0.717) is 24.3 Å². The van der Waals surface area contributed by atoms with Gasteiger partial charge >= 0.3 is 0 Å². The number of aryl methyl sites for hydroxylation is 4. The van der Waals surface area contributed by atoms with Crippen LogP contribution in [-0.2, 0) is 0 Å². The van der Waals surface area contributed by atoms with Crippen LogP contribution in [0.2, 0.25) is 0 Å². The first-order chi connectivity index (χ1) is 13.0. The van der Waals surface area contributed by atoms with Crippen molar-refractivity contribution in [2.75, 3.05) is 13.2 Å². The van der Waals surface area contributed by atoms with Crippen LogP contribution in [0.1, 0.15) is 62.2 Å². The molecule has 4 heteroatoms. The minimum atomic E-state index is 0.647. The van der Waals surface area contributed by atoms with Crippen molar-refractivity contribution in [3.63, 3.8) is 0 Å². The molecule has 0 saturated heterocycles. The molecule has 0 aliphatic rings. The molecule has 0 heterocycles. The quantitative estimate of drug-likeness (QED) is 0.429. The molecular weight excluding hydrogens is 340 g/mol. The van der Waals surface area contributed by atoms with Crippen LogP contribution in [0.15, 0.2) is 24.3 Å². The SMILES string of the molecule is Cc1cc(C=O)cc(C)c1OCCCCCOc1c(C)cc(C=O)cc1C. The monoisotopic (exact) mass is 368 g/mol. The van der Waals surface area contributed by atoms with Gasteiger partial charge in [-0.15, -0.1) is 0 Å². The van der Waals surface area contributed by atoms with E-state index in [1.54, 1.807) is 0 Å². The predicted octanol–water partition coefficient (Wildman–Crippen LogP) is 5.17. The number of ether oxygens (including phenoxy) is 2. The third kappa shape index (κ3) is 5.68. The van der Waals surface area contributed by atoms with Crippen molar-refractivity contribution in [1.29, 1.82) is 0 Å². The van der Waals surface area contributed by atoms with E-state index >= 15 is 0 Å². The van der Waals surface area contributed by atoms with E-state index in [1.807, 2.05) is 52.0 Å². The van der Waals surface area contributed by atoms with E-state index < -0.39 is 0 Å². The topological polar surface area (TPSA) is 52.6 Å². The molecule has 4 nitrogen and oxygen atoms in total. The van der Waals surface area contributed by atoms with Gasteiger partial charge in [-0.1, -0.05) is 0 Å². The van der Waals surface area contributed by atoms with Crippen LogP contribution in [0.4, 0.5) is 0 Å². The molecule has 0 aliphatic carbocycles. The second kappa shape index (κ2) is 9.91. The lowest BCUT2D eigenvalue weighted by molar-refractivity contribution is 0.111. The van der Waals surface area contributed by atoms with E-state index in [9.17, 15) is 9.59 Å². The van der Waals surface area contributed by atoms with E-state index in [4.69, 9.17) is 9.47 Å². The normalized spacial score (nSPS) is 10.5. The Bertz CT molecular complexity index is 695. The highest BCUT2D eigenvalue weighted by Crippen LogP contribution is 2.25. The molecule has 0 aliphatic heterocycles. The Hall–Kier alpha value is -2.62. The molecule has 0 spiro atoms. The summed E-state index contributed by atoms with van der Waals surface area (Å²) >= 11 is 0. The second-order valence-corrected chi connectivity index (χ2v) is 6.96. The lowest BCUT2D eigenvalue weighted by Crippen LogP contribution is -2.04. The Kier molecular flexibility index (Phi) is 7.59. The zero-order chi connectivity index (χ0) is 19.8. The highest BCUT2D eigenvalue weighted by Gasteiger charge is 2.07. The Balaban J connectivity index is 1.73. The summed E-state index contributed by atoms with van der Waals surface area (Å²) in [6.45, 7) is 9.14. The summed E-state index contributed by atoms with van der Waals surface area (Å²) in [5, 5.41) is 0. The molecule has 0 saturated carbocycles. The number of benzene rings is 2. The summed E-state index contributed by atoms with van der Waals surface area (Å²) in [5.41, 5.74) is 5.33. The van der Waals surface area contributed by atoms with Crippen molar-refractivity contribution in [3.8, 4) is 11.5 Å². The van der Waals surface area contributed by atoms with Crippen molar-refractivity contribution in [2.45, 2.75) is 47.0 Å².